The fourth-order valence-corrected chi connectivity index (χ4v) is 2.42. The van der Waals surface area contributed by atoms with Gasteiger partial charge in [0, 0.05) is 19.7 Å². The Morgan fingerprint density at radius 3 is 2.83 bits per heavy atom. The van der Waals surface area contributed by atoms with Gasteiger partial charge in [0.2, 0.25) is 0 Å². The molecule has 0 aromatic carbocycles. The highest BCUT2D eigenvalue weighted by Gasteiger charge is 2.32. The molecule has 1 aromatic heterocycles. The molecule has 0 radical (unpaired) electrons. The number of nitrogens with zero attached hydrogens (tertiary/aromatic N) is 2. The highest BCUT2D eigenvalue weighted by molar-refractivity contribution is 5.53. The Balaban J connectivity index is 2.20. The monoisotopic (exact) mass is 249 g/mol. The largest absolute Gasteiger partial charge is 0.397 e. The number of anilines is 2. The fourth-order valence-electron chi connectivity index (χ4n) is 2.42. The van der Waals surface area contributed by atoms with Gasteiger partial charge in [-0.15, -0.1) is 0 Å². The van der Waals surface area contributed by atoms with Gasteiger partial charge >= 0.3 is 0 Å². The number of nitrogen functional groups attached to an aromatic ring is 1. The van der Waals surface area contributed by atoms with Gasteiger partial charge in [0.1, 0.15) is 5.82 Å². The predicted octanol–water partition coefficient (Wildman–Crippen LogP) is 2.22. The minimum absolute atomic E-state index is 0.523. The minimum Gasteiger partial charge on any atom is -0.397 e. The molecule has 1 atom stereocenters. The molecule has 1 aliphatic rings. The summed E-state index contributed by atoms with van der Waals surface area (Å²) >= 11 is 0. The molecule has 1 aliphatic carbocycles. The van der Waals surface area contributed by atoms with Crippen LogP contribution in [0.1, 0.15) is 25.3 Å². The first-order valence-corrected chi connectivity index (χ1v) is 6.61. The van der Waals surface area contributed by atoms with Gasteiger partial charge in [0.15, 0.2) is 0 Å². The van der Waals surface area contributed by atoms with Crippen molar-refractivity contribution in [3.63, 3.8) is 0 Å². The third-order valence-electron chi connectivity index (χ3n) is 3.68. The molecular formula is C14H23N3O. The standard InChI is InChI=1S/C14H23N3O/c1-10-8-13(15)9-16-14(10)17(6-7-18-3)11(2)12-4-5-12/h8-9,11-12H,4-7,15H2,1-3H3. The third kappa shape index (κ3) is 2.93. The van der Waals surface area contributed by atoms with Gasteiger partial charge in [-0.2, -0.15) is 0 Å². The van der Waals surface area contributed by atoms with E-state index in [0.717, 1.165) is 36.1 Å². The van der Waals surface area contributed by atoms with Crippen LogP contribution in [-0.4, -0.2) is 31.3 Å². The molecule has 1 aromatic rings. The van der Waals surface area contributed by atoms with Crippen LogP contribution in [0.4, 0.5) is 11.5 Å². The lowest BCUT2D eigenvalue weighted by atomic mass is 10.1. The zero-order valence-electron chi connectivity index (χ0n) is 11.5. The fraction of sp³-hybridized carbons (Fsp3) is 0.643. The minimum atomic E-state index is 0.523. The van der Waals surface area contributed by atoms with Crippen molar-refractivity contribution in [2.24, 2.45) is 5.92 Å². The van der Waals surface area contributed by atoms with Crippen molar-refractivity contribution in [1.29, 1.82) is 0 Å². The SMILES string of the molecule is COCCN(c1ncc(N)cc1C)C(C)C1CC1. The van der Waals surface area contributed by atoms with Crippen LogP contribution in [0.25, 0.3) is 0 Å². The molecule has 4 heteroatoms. The van der Waals surface area contributed by atoms with E-state index in [2.05, 4.69) is 23.7 Å². The van der Waals surface area contributed by atoms with Crippen molar-refractivity contribution in [3.8, 4) is 0 Å². The van der Waals surface area contributed by atoms with E-state index in [9.17, 15) is 0 Å². The number of hydrogen-bond acceptors (Lipinski definition) is 4. The van der Waals surface area contributed by atoms with Crippen LogP contribution >= 0.6 is 0 Å². The van der Waals surface area contributed by atoms with Crippen molar-refractivity contribution in [1.82, 2.24) is 4.98 Å². The quantitative estimate of drug-likeness (QED) is 0.840. The van der Waals surface area contributed by atoms with E-state index < -0.39 is 0 Å². The second-order valence-electron chi connectivity index (χ2n) is 5.17. The first-order valence-electron chi connectivity index (χ1n) is 6.61. The molecule has 1 saturated carbocycles. The molecule has 2 rings (SSSR count). The zero-order valence-corrected chi connectivity index (χ0v) is 11.5. The Kier molecular flexibility index (Phi) is 4.07. The highest BCUT2D eigenvalue weighted by Crippen LogP contribution is 2.37. The Labute approximate surface area is 109 Å². The van der Waals surface area contributed by atoms with Gasteiger partial charge in [-0.3, -0.25) is 0 Å². The maximum Gasteiger partial charge on any atom is 0.131 e. The van der Waals surface area contributed by atoms with E-state index in [4.69, 9.17) is 10.5 Å². The van der Waals surface area contributed by atoms with E-state index in [1.165, 1.54) is 12.8 Å². The molecule has 1 heterocycles. The first kappa shape index (κ1) is 13.1. The lowest BCUT2D eigenvalue weighted by Crippen LogP contribution is -2.38. The summed E-state index contributed by atoms with van der Waals surface area (Å²) in [6.07, 6.45) is 4.40. The van der Waals surface area contributed by atoms with Gasteiger partial charge < -0.3 is 15.4 Å². The van der Waals surface area contributed by atoms with Crippen LogP contribution in [0, 0.1) is 12.8 Å². The van der Waals surface area contributed by atoms with Crippen LogP contribution in [0.15, 0.2) is 12.3 Å². The lowest BCUT2D eigenvalue weighted by molar-refractivity contribution is 0.202. The number of pyridine rings is 1. The Bertz CT molecular complexity index is 404. The van der Waals surface area contributed by atoms with Crippen molar-refractivity contribution in [2.75, 3.05) is 30.9 Å². The molecule has 2 N–H and O–H groups in total. The van der Waals surface area contributed by atoms with E-state index >= 15 is 0 Å². The average Bonchev–Trinajstić information content (AvgIpc) is 3.15. The molecule has 0 bridgehead atoms. The number of rotatable bonds is 6. The normalized spacial score (nSPS) is 16.6. The summed E-state index contributed by atoms with van der Waals surface area (Å²) in [5, 5.41) is 0. The Morgan fingerprint density at radius 2 is 2.28 bits per heavy atom. The van der Waals surface area contributed by atoms with E-state index in [1.807, 2.05) is 6.07 Å². The van der Waals surface area contributed by atoms with Crippen molar-refractivity contribution in [2.45, 2.75) is 32.7 Å². The number of aryl methyl sites for hydroxylation is 1. The summed E-state index contributed by atoms with van der Waals surface area (Å²) in [7, 11) is 1.74. The summed E-state index contributed by atoms with van der Waals surface area (Å²) in [6.45, 7) is 5.96. The zero-order chi connectivity index (χ0) is 13.1. The van der Waals surface area contributed by atoms with Crippen LogP contribution in [0.2, 0.25) is 0 Å². The van der Waals surface area contributed by atoms with Gasteiger partial charge in [-0.25, -0.2) is 4.98 Å². The molecule has 0 aliphatic heterocycles. The molecule has 100 valence electrons. The molecule has 18 heavy (non-hydrogen) atoms. The lowest BCUT2D eigenvalue weighted by Gasteiger charge is -2.31. The molecule has 4 nitrogen and oxygen atoms in total. The number of aromatic nitrogens is 1. The Morgan fingerprint density at radius 1 is 1.56 bits per heavy atom. The molecular weight excluding hydrogens is 226 g/mol. The van der Waals surface area contributed by atoms with Crippen molar-refractivity contribution >= 4 is 11.5 Å². The smallest absolute Gasteiger partial charge is 0.131 e. The van der Waals surface area contributed by atoms with Crippen LogP contribution in [0.3, 0.4) is 0 Å². The van der Waals surface area contributed by atoms with E-state index in [0.29, 0.717) is 6.04 Å². The van der Waals surface area contributed by atoms with Crippen LogP contribution in [-0.2, 0) is 4.74 Å². The number of nitrogens with two attached hydrogens (primary N) is 1. The first-order chi connectivity index (χ1) is 8.63. The number of ether oxygens (including phenoxy) is 1. The summed E-state index contributed by atoms with van der Waals surface area (Å²) < 4.78 is 5.21. The second-order valence-corrected chi connectivity index (χ2v) is 5.17. The van der Waals surface area contributed by atoms with Gasteiger partial charge in [-0.1, -0.05) is 0 Å². The number of hydrogen-bond donors (Lipinski definition) is 1. The van der Waals surface area contributed by atoms with Crippen LogP contribution in [0.5, 0.6) is 0 Å². The molecule has 0 spiro atoms. The van der Waals surface area contributed by atoms with E-state index in [-0.39, 0.29) is 0 Å². The second kappa shape index (κ2) is 5.57. The summed E-state index contributed by atoms with van der Waals surface area (Å²) in [5.41, 5.74) is 7.63. The Hall–Kier alpha value is -1.29. The van der Waals surface area contributed by atoms with Crippen molar-refractivity contribution < 1.29 is 4.74 Å². The van der Waals surface area contributed by atoms with Crippen molar-refractivity contribution in [3.05, 3.63) is 17.8 Å². The molecule has 1 unspecified atom stereocenters. The van der Waals surface area contributed by atoms with Crippen LogP contribution < -0.4 is 10.6 Å². The summed E-state index contributed by atoms with van der Waals surface area (Å²) in [5.74, 6) is 1.85. The third-order valence-corrected chi connectivity index (χ3v) is 3.68. The van der Waals surface area contributed by atoms with Gasteiger partial charge in [0.25, 0.3) is 0 Å². The summed E-state index contributed by atoms with van der Waals surface area (Å²) in [6, 6.07) is 2.51. The predicted molar refractivity (Wildman–Crippen MR) is 74.8 cm³/mol. The maximum atomic E-state index is 5.77. The van der Waals surface area contributed by atoms with Gasteiger partial charge in [-0.05, 0) is 44.2 Å². The van der Waals surface area contributed by atoms with E-state index in [1.54, 1.807) is 13.3 Å². The molecule has 1 fully saturated rings. The summed E-state index contributed by atoms with van der Waals surface area (Å²) in [4.78, 5) is 6.86. The van der Waals surface area contributed by atoms with Gasteiger partial charge in [0.05, 0.1) is 18.5 Å². The topological polar surface area (TPSA) is 51.4 Å². The maximum absolute atomic E-state index is 5.77. The number of methoxy groups -OCH3 is 1. The highest BCUT2D eigenvalue weighted by atomic mass is 16.5. The average molecular weight is 249 g/mol. The molecule has 0 saturated heterocycles. The molecule has 0 amide bonds.